The van der Waals surface area contributed by atoms with Crippen LogP contribution in [0.5, 0.6) is 0 Å². The zero-order chi connectivity index (χ0) is 34.2. The molecule has 3 nitrogen and oxygen atoms in total. The van der Waals surface area contributed by atoms with E-state index in [2.05, 4.69) is 152 Å². The highest BCUT2D eigenvalue weighted by molar-refractivity contribution is 6.27. The molecule has 0 aliphatic heterocycles. The Hall–Kier alpha value is -6.97. The Kier molecular flexibility index (Phi) is 6.25. The highest BCUT2D eigenvalue weighted by Gasteiger charge is 2.21. The molecule has 0 fully saturated rings. The normalized spacial score (nSPS) is 11.8. The van der Waals surface area contributed by atoms with E-state index in [1.54, 1.807) is 0 Å². The van der Waals surface area contributed by atoms with Crippen LogP contribution in [0.25, 0.3) is 110 Å². The zero-order valence-corrected chi connectivity index (χ0v) is 28.0. The van der Waals surface area contributed by atoms with Crippen molar-refractivity contribution in [3.05, 3.63) is 176 Å². The molecule has 0 amide bonds. The largest absolute Gasteiger partial charge is 0.456 e. The van der Waals surface area contributed by atoms with Crippen LogP contribution in [0.2, 0.25) is 0 Å². The van der Waals surface area contributed by atoms with Crippen molar-refractivity contribution in [2.24, 2.45) is 0 Å². The third-order valence-corrected chi connectivity index (χ3v) is 10.5. The summed E-state index contributed by atoms with van der Waals surface area (Å²) in [4.78, 5) is 5.36. The first-order chi connectivity index (χ1) is 25.8. The topological polar surface area (TPSA) is 39.2 Å². The van der Waals surface area contributed by atoms with Crippen LogP contribution in [0.15, 0.2) is 185 Å². The molecule has 0 saturated carbocycles. The number of hydrogen-bond acceptors (Lipinski definition) is 3. The fraction of sp³-hybridized carbons (Fsp3) is 0. The number of hydrogen-bond donors (Lipinski definition) is 0. The highest BCUT2D eigenvalue weighted by atomic mass is 16.3. The van der Waals surface area contributed by atoms with Gasteiger partial charge in [-0.3, -0.25) is 0 Å². The predicted octanol–water partition coefficient (Wildman–Crippen LogP) is 13.9. The summed E-state index contributed by atoms with van der Waals surface area (Å²) >= 11 is 0. The number of benzene rings is 8. The molecule has 3 heteroatoms. The average molecular weight is 664 g/mol. The molecule has 11 rings (SSSR count). The zero-order valence-electron chi connectivity index (χ0n) is 28.0. The van der Waals surface area contributed by atoms with Gasteiger partial charge in [-0.1, -0.05) is 140 Å². The third kappa shape index (κ3) is 4.36. The molecule has 3 aromatic heterocycles. The van der Waals surface area contributed by atoms with Gasteiger partial charge in [0, 0.05) is 48.8 Å². The molecule has 0 unspecified atom stereocenters. The van der Waals surface area contributed by atoms with E-state index in [1.165, 1.54) is 16.5 Å². The van der Waals surface area contributed by atoms with Crippen LogP contribution in [0.3, 0.4) is 0 Å². The van der Waals surface area contributed by atoms with Crippen molar-refractivity contribution in [2.75, 3.05) is 0 Å². The summed E-state index contributed by atoms with van der Waals surface area (Å²) in [5.41, 5.74) is 13.4. The first-order valence-corrected chi connectivity index (χ1v) is 17.6. The van der Waals surface area contributed by atoms with Gasteiger partial charge in [0.25, 0.3) is 0 Å². The summed E-state index contributed by atoms with van der Waals surface area (Å²) in [6.07, 6.45) is 0. The Bertz CT molecular complexity index is 3170. The molecule has 0 radical (unpaired) electrons. The molecule has 8 aromatic carbocycles. The minimum Gasteiger partial charge on any atom is -0.456 e. The first kappa shape index (κ1) is 28.8. The predicted molar refractivity (Wildman–Crippen MR) is 216 cm³/mol. The van der Waals surface area contributed by atoms with E-state index in [4.69, 9.17) is 13.8 Å². The molecule has 11 aromatic rings. The van der Waals surface area contributed by atoms with Gasteiger partial charge in [-0.05, 0) is 64.2 Å². The molecule has 0 atom stereocenters. The van der Waals surface area contributed by atoms with Crippen molar-refractivity contribution < 1.29 is 8.83 Å². The van der Waals surface area contributed by atoms with E-state index in [0.717, 1.165) is 93.7 Å². The molecule has 52 heavy (non-hydrogen) atoms. The van der Waals surface area contributed by atoms with Gasteiger partial charge in [0.05, 0.1) is 11.2 Å². The van der Waals surface area contributed by atoms with Crippen LogP contribution in [-0.4, -0.2) is 4.98 Å². The Balaban J connectivity index is 1.11. The SMILES string of the molecule is c1ccc(-c2c3c(cc4c(-c5cccc(-c6ccc(-c7cccc8oc9ccccc9c78)cc6)c5)nc5ccccc5c24)oc2ccccc23)cc1. The van der Waals surface area contributed by atoms with Crippen molar-refractivity contribution in [1.29, 1.82) is 0 Å². The van der Waals surface area contributed by atoms with Crippen LogP contribution in [0.1, 0.15) is 0 Å². The first-order valence-electron chi connectivity index (χ1n) is 17.6. The smallest absolute Gasteiger partial charge is 0.136 e. The van der Waals surface area contributed by atoms with E-state index >= 15 is 0 Å². The van der Waals surface area contributed by atoms with Gasteiger partial charge in [0.2, 0.25) is 0 Å². The number of nitrogens with zero attached hydrogens (tertiary/aromatic N) is 1. The monoisotopic (exact) mass is 663 g/mol. The molecule has 0 spiro atoms. The number of para-hydroxylation sites is 3. The lowest BCUT2D eigenvalue weighted by atomic mass is 9.89. The fourth-order valence-corrected chi connectivity index (χ4v) is 8.13. The minimum atomic E-state index is 0.859. The van der Waals surface area contributed by atoms with Crippen molar-refractivity contribution in [1.82, 2.24) is 4.98 Å². The minimum absolute atomic E-state index is 0.859. The summed E-state index contributed by atoms with van der Waals surface area (Å²) in [6, 6.07) is 61.9. The van der Waals surface area contributed by atoms with Gasteiger partial charge in [-0.15, -0.1) is 0 Å². The Labute approximate surface area is 299 Å². The standard InChI is InChI=1S/C49H29NO2/c1-2-12-32(13-3-1)45-47-36-16-4-7-20-40(36)50-49(39(47)29-44-48(45)38-18-6-9-22-42(38)52-44)34-15-10-14-33(28-34)30-24-26-31(27-25-30)35-19-11-23-43-46(35)37-17-5-8-21-41(37)51-43/h1-29H. The van der Waals surface area contributed by atoms with Crippen molar-refractivity contribution in [3.63, 3.8) is 0 Å². The number of aromatic nitrogens is 1. The van der Waals surface area contributed by atoms with Gasteiger partial charge in [0.15, 0.2) is 0 Å². The van der Waals surface area contributed by atoms with Crippen LogP contribution in [-0.2, 0) is 0 Å². The quantitative estimate of drug-likeness (QED) is 0.176. The summed E-state index contributed by atoms with van der Waals surface area (Å²) in [5.74, 6) is 0. The van der Waals surface area contributed by atoms with Gasteiger partial charge in [-0.2, -0.15) is 0 Å². The van der Waals surface area contributed by atoms with E-state index in [0.29, 0.717) is 0 Å². The second-order valence-corrected chi connectivity index (χ2v) is 13.4. The van der Waals surface area contributed by atoms with E-state index in [9.17, 15) is 0 Å². The maximum atomic E-state index is 6.58. The highest BCUT2D eigenvalue weighted by Crippen LogP contribution is 2.46. The molecule has 0 bridgehead atoms. The summed E-state index contributed by atoms with van der Waals surface area (Å²) in [7, 11) is 0. The molecule has 0 N–H and O–H groups in total. The second kappa shape index (κ2) is 11.3. The molecule has 242 valence electrons. The van der Waals surface area contributed by atoms with Crippen molar-refractivity contribution in [2.45, 2.75) is 0 Å². The summed E-state index contributed by atoms with van der Waals surface area (Å²) in [5, 5.41) is 7.90. The van der Waals surface area contributed by atoms with Gasteiger partial charge in [-0.25, -0.2) is 4.98 Å². The maximum Gasteiger partial charge on any atom is 0.136 e. The molecule has 3 heterocycles. The Morgan fingerprint density at radius 1 is 0.327 bits per heavy atom. The number of fused-ring (bicyclic) bond motifs is 9. The van der Waals surface area contributed by atoms with Crippen LogP contribution in [0.4, 0.5) is 0 Å². The second-order valence-electron chi connectivity index (χ2n) is 13.4. The summed E-state index contributed by atoms with van der Waals surface area (Å²) in [6.45, 7) is 0. The molecule has 0 aliphatic carbocycles. The van der Waals surface area contributed by atoms with Crippen LogP contribution in [0, 0.1) is 0 Å². The lowest BCUT2D eigenvalue weighted by molar-refractivity contribution is 0.669. The molecule has 0 aliphatic rings. The Morgan fingerprint density at radius 3 is 1.73 bits per heavy atom. The van der Waals surface area contributed by atoms with Crippen molar-refractivity contribution in [3.8, 4) is 44.6 Å². The third-order valence-electron chi connectivity index (χ3n) is 10.5. The van der Waals surface area contributed by atoms with E-state index in [-0.39, 0.29) is 0 Å². The number of rotatable bonds is 4. The maximum absolute atomic E-state index is 6.58. The van der Waals surface area contributed by atoms with Crippen molar-refractivity contribution >= 4 is 65.6 Å². The van der Waals surface area contributed by atoms with Gasteiger partial charge >= 0.3 is 0 Å². The Morgan fingerprint density at radius 2 is 0.923 bits per heavy atom. The van der Waals surface area contributed by atoms with E-state index in [1.807, 2.05) is 24.3 Å². The van der Waals surface area contributed by atoms with Gasteiger partial charge < -0.3 is 8.83 Å². The summed E-state index contributed by atoms with van der Waals surface area (Å²) < 4.78 is 12.8. The fourth-order valence-electron chi connectivity index (χ4n) is 8.13. The van der Waals surface area contributed by atoms with Gasteiger partial charge in [0.1, 0.15) is 22.3 Å². The number of furan rings is 2. The van der Waals surface area contributed by atoms with Crippen LogP contribution < -0.4 is 0 Å². The average Bonchev–Trinajstić information content (AvgIpc) is 3.78. The van der Waals surface area contributed by atoms with E-state index < -0.39 is 0 Å². The van der Waals surface area contributed by atoms with Crippen LogP contribution >= 0.6 is 0 Å². The molecule has 0 saturated heterocycles. The molecular formula is C49H29NO2. The number of pyridine rings is 1. The lowest BCUT2D eigenvalue weighted by Crippen LogP contribution is -1.93. The molecular weight excluding hydrogens is 635 g/mol. The lowest BCUT2D eigenvalue weighted by Gasteiger charge is -2.16.